The van der Waals surface area contributed by atoms with Crippen molar-refractivity contribution >= 4 is 15.9 Å². The second-order valence-corrected chi connectivity index (χ2v) is 5.75. The minimum Gasteiger partial charge on any atom is -0.298 e. The van der Waals surface area contributed by atoms with Crippen LogP contribution in [0.1, 0.15) is 16.7 Å². The Labute approximate surface area is 122 Å². The van der Waals surface area contributed by atoms with Gasteiger partial charge in [-0.2, -0.15) is 0 Å². The third-order valence-corrected chi connectivity index (χ3v) is 3.73. The molecule has 2 aromatic carbocycles. The lowest BCUT2D eigenvalue weighted by atomic mass is 10.1. The van der Waals surface area contributed by atoms with Crippen molar-refractivity contribution in [2.24, 2.45) is 0 Å². The fraction of sp³-hybridized carbons (Fsp3) is 0.250. The Bertz CT molecular complexity index is 568. The van der Waals surface area contributed by atoms with E-state index >= 15 is 0 Å². The van der Waals surface area contributed by atoms with Gasteiger partial charge in [0.15, 0.2) is 0 Å². The summed E-state index contributed by atoms with van der Waals surface area (Å²) in [6, 6.07) is 13.3. The lowest BCUT2D eigenvalue weighted by Gasteiger charge is -2.18. The maximum atomic E-state index is 13.0. The molecule has 0 saturated carbocycles. The molecule has 0 radical (unpaired) electrons. The maximum Gasteiger partial charge on any atom is 0.124 e. The van der Waals surface area contributed by atoms with Gasteiger partial charge in [0.1, 0.15) is 5.82 Å². The van der Waals surface area contributed by atoms with E-state index in [-0.39, 0.29) is 5.82 Å². The fourth-order valence-corrected chi connectivity index (χ4v) is 2.60. The molecular weight excluding hydrogens is 305 g/mol. The van der Waals surface area contributed by atoms with E-state index < -0.39 is 0 Å². The molecule has 0 saturated heterocycles. The summed E-state index contributed by atoms with van der Waals surface area (Å²) in [5.74, 6) is -0.211. The van der Waals surface area contributed by atoms with Gasteiger partial charge in [-0.25, -0.2) is 4.39 Å². The standard InChI is InChI=1S/C16H17BrFN/c1-12-4-3-5-13(8-12)10-19(2)11-14-6-7-15(18)9-16(14)17/h3-9H,10-11H2,1-2H3. The van der Waals surface area contributed by atoms with Crippen LogP contribution in [0.2, 0.25) is 0 Å². The zero-order chi connectivity index (χ0) is 13.8. The molecule has 0 spiro atoms. The van der Waals surface area contributed by atoms with Crippen LogP contribution < -0.4 is 0 Å². The molecule has 0 aliphatic carbocycles. The van der Waals surface area contributed by atoms with Gasteiger partial charge in [-0.05, 0) is 37.2 Å². The van der Waals surface area contributed by atoms with Crippen LogP contribution in [0, 0.1) is 12.7 Å². The summed E-state index contributed by atoms with van der Waals surface area (Å²) in [6.45, 7) is 3.76. The minimum absolute atomic E-state index is 0.211. The highest BCUT2D eigenvalue weighted by atomic mass is 79.9. The van der Waals surface area contributed by atoms with Gasteiger partial charge in [0.2, 0.25) is 0 Å². The monoisotopic (exact) mass is 321 g/mol. The van der Waals surface area contributed by atoms with E-state index in [0.29, 0.717) is 0 Å². The van der Waals surface area contributed by atoms with Crippen molar-refractivity contribution in [2.45, 2.75) is 20.0 Å². The number of rotatable bonds is 4. The van der Waals surface area contributed by atoms with Gasteiger partial charge in [0, 0.05) is 17.6 Å². The molecule has 2 rings (SSSR count). The molecule has 0 atom stereocenters. The number of hydrogen-bond donors (Lipinski definition) is 0. The first-order valence-electron chi connectivity index (χ1n) is 6.22. The molecule has 19 heavy (non-hydrogen) atoms. The van der Waals surface area contributed by atoms with E-state index in [1.807, 2.05) is 6.07 Å². The first kappa shape index (κ1) is 14.2. The number of aryl methyl sites for hydroxylation is 1. The molecule has 3 heteroatoms. The van der Waals surface area contributed by atoms with Gasteiger partial charge in [-0.3, -0.25) is 4.90 Å². The van der Waals surface area contributed by atoms with Crippen LogP contribution in [-0.2, 0) is 13.1 Å². The van der Waals surface area contributed by atoms with Gasteiger partial charge in [-0.1, -0.05) is 51.8 Å². The summed E-state index contributed by atoms with van der Waals surface area (Å²) in [5, 5.41) is 0. The predicted molar refractivity (Wildman–Crippen MR) is 80.5 cm³/mol. The quantitative estimate of drug-likeness (QED) is 0.799. The van der Waals surface area contributed by atoms with Crippen LogP contribution in [0.3, 0.4) is 0 Å². The van der Waals surface area contributed by atoms with Crippen LogP contribution in [0.5, 0.6) is 0 Å². The van der Waals surface area contributed by atoms with E-state index in [0.717, 1.165) is 23.1 Å². The summed E-state index contributed by atoms with van der Waals surface area (Å²) >= 11 is 3.41. The molecule has 2 aromatic rings. The molecule has 0 aromatic heterocycles. The highest BCUT2D eigenvalue weighted by molar-refractivity contribution is 9.10. The van der Waals surface area contributed by atoms with Crippen molar-refractivity contribution in [1.29, 1.82) is 0 Å². The van der Waals surface area contributed by atoms with Crippen LogP contribution in [0.15, 0.2) is 46.9 Å². The molecule has 0 amide bonds. The topological polar surface area (TPSA) is 3.24 Å². The van der Waals surface area contributed by atoms with Crippen molar-refractivity contribution in [2.75, 3.05) is 7.05 Å². The van der Waals surface area contributed by atoms with Gasteiger partial charge < -0.3 is 0 Å². The first-order valence-corrected chi connectivity index (χ1v) is 7.02. The fourth-order valence-electron chi connectivity index (χ4n) is 2.12. The normalized spacial score (nSPS) is 11.0. The summed E-state index contributed by atoms with van der Waals surface area (Å²) in [7, 11) is 2.07. The highest BCUT2D eigenvalue weighted by Crippen LogP contribution is 2.20. The Morgan fingerprint density at radius 3 is 2.58 bits per heavy atom. The van der Waals surface area contributed by atoms with Crippen molar-refractivity contribution in [3.05, 3.63) is 69.4 Å². The third-order valence-electron chi connectivity index (χ3n) is 2.99. The van der Waals surface area contributed by atoms with Crippen molar-refractivity contribution in [1.82, 2.24) is 4.90 Å². The molecule has 0 fully saturated rings. The van der Waals surface area contributed by atoms with Crippen molar-refractivity contribution in [3.63, 3.8) is 0 Å². The van der Waals surface area contributed by atoms with Crippen LogP contribution >= 0.6 is 15.9 Å². The van der Waals surface area contributed by atoms with E-state index in [1.165, 1.54) is 23.3 Å². The molecular formula is C16H17BrFN. The van der Waals surface area contributed by atoms with Crippen LogP contribution in [0.4, 0.5) is 4.39 Å². The number of nitrogens with zero attached hydrogens (tertiary/aromatic N) is 1. The smallest absolute Gasteiger partial charge is 0.124 e. The lowest BCUT2D eigenvalue weighted by Crippen LogP contribution is -2.17. The van der Waals surface area contributed by atoms with Gasteiger partial charge in [0.25, 0.3) is 0 Å². The predicted octanol–water partition coefficient (Wildman–Crippen LogP) is 4.53. The van der Waals surface area contributed by atoms with Gasteiger partial charge in [-0.15, -0.1) is 0 Å². The molecule has 0 aliphatic rings. The molecule has 0 N–H and O–H groups in total. The number of halogens is 2. The van der Waals surface area contributed by atoms with Crippen molar-refractivity contribution in [3.8, 4) is 0 Å². The lowest BCUT2D eigenvalue weighted by molar-refractivity contribution is 0.318. The summed E-state index contributed by atoms with van der Waals surface area (Å²) in [5.41, 5.74) is 3.66. The minimum atomic E-state index is -0.211. The van der Waals surface area contributed by atoms with Crippen molar-refractivity contribution < 1.29 is 4.39 Å². The molecule has 0 aliphatic heterocycles. The van der Waals surface area contributed by atoms with Crippen LogP contribution in [0.25, 0.3) is 0 Å². The Morgan fingerprint density at radius 2 is 1.89 bits per heavy atom. The average Bonchev–Trinajstić information content (AvgIpc) is 2.33. The largest absolute Gasteiger partial charge is 0.298 e. The second-order valence-electron chi connectivity index (χ2n) is 4.90. The summed E-state index contributed by atoms with van der Waals surface area (Å²) in [4.78, 5) is 2.22. The second kappa shape index (κ2) is 6.31. The van der Waals surface area contributed by atoms with E-state index in [2.05, 4.69) is 59.1 Å². The molecule has 0 bridgehead atoms. The average molecular weight is 322 g/mol. The van der Waals surface area contributed by atoms with E-state index in [4.69, 9.17) is 0 Å². The zero-order valence-corrected chi connectivity index (χ0v) is 12.7. The maximum absolute atomic E-state index is 13.0. The number of hydrogen-bond acceptors (Lipinski definition) is 1. The molecule has 100 valence electrons. The summed E-state index contributed by atoms with van der Waals surface area (Å²) < 4.78 is 13.9. The Kier molecular flexibility index (Phi) is 4.72. The molecule has 0 heterocycles. The van der Waals surface area contributed by atoms with Crippen LogP contribution in [-0.4, -0.2) is 11.9 Å². The van der Waals surface area contributed by atoms with Gasteiger partial charge >= 0.3 is 0 Å². The first-order chi connectivity index (χ1) is 9.04. The molecule has 0 unspecified atom stereocenters. The summed E-state index contributed by atoms with van der Waals surface area (Å²) in [6.07, 6.45) is 0. The number of benzene rings is 2. The van der Waals surface area contributed by atoms with E-state index in [9.17, 15) is 4.39 Å². The van der Waals surface area contributed by atoms with E-state index in [1.54, 1.807) is 0 Å². The Morgan fingerprint density at radius 1 is 1.11 bits per heavy atom. The molecule has 1 nitrogen and oxygen atoms in total. The third kappa shape index (κ3) is 4.15. The highest BCUT2D eigenvalue weighted by Gasteiger charge is 2.06. The Hall–Kier alpha value is -1.19. The van der Waals surface area contributed by atoms with Gasteiger partial charge in [0.05, 0.1) is 0 Å². The zero-order valence-electron chi connectivity index (χ0n) is 11.2. The SMILES string of the molecule is Cc1cccc(CN(C)Cc2ccc(F)cc2Br)c1. The Balaban J connectivity index is 2.03.